The van der Waals surface area contributed by atoms with Gasteiger partial charge in [-0.15, -0.1) is 5.10 Å². The lowest BCUT2D eigenvalue weighted by atomic mass is 9.90. The van der Waals surface area contributed by atoms with Gasteiger partial charge in [0.2, 0.25) is 0 Å². The molecule has 0 aliphatic heterocycles. The van der Waals surface area contributed by atoms with E-state index in [1.165, 1.54) is 0 Å². The minimum absolute atomic E-state index is 0.0198. The molecule has 1 aliphatic carbocycles. The number of nitrogens with zero attached hydrogens (tertiary/aromatic N) is 4. The Kier molecular flexibility index (Phi) is 4.82. The van der Waals surface area contributed by atoms with Crippen LogP contribution >= 0.6 is 0 Å². The van der Waals surface area contributed by atoms with Gasteiger partial charge in [-0.3, -0.25) is 4.98 Å². The molecule has 3 rings (SSSR count). The van der Waals surface area contributed by atoms with E-state index in [9.17, 15) is 4.79 Å². The van der Waals surface area contributed by atoms with Gasteiger partial charge in [0, 0.05) is 6.20 Å². The molecule has 0 saturated heterocycles. The van der Waals surface area contributed by atoms with Crippen molar-refractivity contribution in [3.8, 4) is 0 Å². The fraction of sp³-hybridized carbons (Fsp3) is 0.467. The van der Waals surface area contributed by atoms with Crippen molar-refractivity contribution in [1.29, 1.82) is 0 Å². The number of aliphatic hydroxyl groups excluding tert-OH is 1. The van der Waals surface area contributed by atoms with Crippen molar-refractivity contribution < 1.29 is 9.90 Å². The number of anilines is 1. The number of carbonyl (C=O) groups is 1. The van der Waals surface area contributed by atoms with Crippen LogP contribution in [-0.2, 0) is 6.61 Å². The Morgan fingerprint density at radius 2 is 2.26 bits per heavy atom. The van der Waals surface area contributed by atoms with Crippen LogP contribution in [0.15, 0.2) is 30.7 Å². The van der Waals surface area contributed by atoms with Gasteiger partial charge >= 0.3 is 6.03 Å². The van der Waals surface area contributed by atoms with Gasteiger partial charge in [0.05, 0.1) is 36.8 Å². The van der Waals surface area contributed by atoms with Crippen molar-refractivity contribution in [2.24, 2.45) is 0 Å². The second kappa shape index (κ2) is 7.19. The molecule has 2 aromatic heterocycles. The molecular weight excluding hydrogens is 296 g/mol. The summed E-state index contributed by atoms with van der Waals surface area (Å²) in [6.45, 7) is -0.133. The number of aromatic nitrogens is 4. The third-order valence-corrected chi connectivity index (χ3v) is 4.02. The maximum absolute atomic E-state index is 12.2. The third kappa shape index (κ3) is 3.84. The summed E-state index contributed by atoms with van der Waals surface area (Å²) >= 11 is 0. The number of hydrogen-bond acceptors (Lipinski definition) is 5. The van der Waals surface area contributed by atoms with Crippen molar-refractivity contribution in [3.05, 3.63) is 36.4 Å². The smallest absolute Gasteiger partial charge is 0.319 e. The number of nitrogens with one attached hydrogen (secondary N) is 2. The Balaban J connectivity index is 1.65. The highest BCUT2D eigenvalue weighted by molar-refractivity contribution is 5.89. The lowest BCUT2D eigenvalue weighted by Gasteiger charge is -2.31. The van der Waals surface area contributed by atoms with Gasteiger partial charge in [-0.05, 0) is 25.0 Å². The predicted molar refractivity (Wildman–Crippen MR) is 83.6 cm³/mol. The van der Waals surface area contributed by atoms with Gasteiger partial charge in [-0.25, -0.2) is 9.48 Å². The van der Waals surface area contributed by atoms with E-state index in [1.807, 2.05) is 0 Å². The number of aliphatic hydroxyl groups is 1. The van der Waals surface area contributed by atoms with E-state index < -0.39 is 0 Å². The second-order valence-corrected chi connectivity index (χ2v) is 5.65. The van der Waals surface area contributed by atoms with Crippen LogP contribution in [0.2, 0.25) is 0 Å². The van der Waals surface area contributed by atoms with Crippen molar-refractivity contribution in [1.82, 2.24) is 25.3 Å². The Morgan fingerprint density at radius 3 is 3.00 bits per heavy atom. The monoisotopic (exact) mass is 316 g/mol. The Morgan fingerprint density at radius 1 is 1.39 bits per heavy atom. The van der Waals surface area contributed by atoms with E-state index in [-0.39, 0.29) is 24.7 Å². The number of rotatable bonds is 4. The molecule has 0 spiro atoms. The third-order valence-electron chi connectivity index (χ3n) is 4.02. The van der Waals surface area contributed by atoms with E-state index in [0.717, 1.165) is 25.7 Å². The fourth-order valence-corrected chi connectivity index (χ4v) is 2.92. The van der Waals surface area contributed by atoms with E-state index in [0.29, 0.717) is 11.4 Å². The van der Waals surface area contributed by atoms with Gasteiger partial charge in [-0.1, -0.05) is 18.1 Å². The average Bonchev–Trinajstić information content (AvgIpc) is 3.05. The molecule has 3 N–H and O–H groups in total. The van der Waals surface area contributed by atoms with Crippen LogP contribution in [0.3, 0.4) is 0 Å². The summed E-state index contributed by atoms with van der Waals surface area (Å²) in [6, 6.07) is 3.34. The lowest BCUT2D eigenvalue weighted by Crippen LogP contribution is -2.45. The molecule has 2 aromatic rings. The van der Waals surface area contributed by atoms with Gasteiger partial charge < -0.3 is 15.7 Å². The molecule has 2 heterocycles. The average molecular weight is 316 g/mol. The van der Waals surface area contributed by atoms with Crippen molar-refractivity contribution in [3.63, 3.8) is 0 Å². The molecule has 8 heteroatoms. The van der Waals surface area contributed by atoms with E-state index >= 15 is 0 Å². The summed E-state index contributed by atoms with van der Waals surface area (Å²) in [6.07, 6.45) is 8.96. The molecule has 1 saturated carbocycles. The van der Waals surface area contributed by atoms with Gasteiger partial charge in [0.15, 0.2) is 0 Å². The van der Waals surface area contributed by atoms with Crippen LogP contribution < -0.4 is 10.6 Å². The molecule has 0 bridgehead atoms. The Hall–Kier alpha value is -2.48. The Bertz CT molecular complexity index is 644. The first-order valence-electron chi connectivity index (χ1n) is 7.75. The van der Waals surface area contributed by atoms with Crippen LogP contribution in [-0.4, -0.2) is 37.2 Å². The molecule has 8 nitrogen and oxygen atoms in total. The van der Waals surface area contributed by atoms with Gasteiger partial charge in [0.1, 0.15) is 5.69 Å². The maximum Gasteiger partial charge on any atom is 0.319 e. The van der Waals surface area contributed by atoms with E-state index in [2.05, 4.69) is 25.9 Å². The number of carbonyl (C=O) groups excluding carboxylic acids is 1. The first-order chi connectivity index (χ1) is 11.3. The van der Waals surface area contributed by atoms with Crippen molar-refractivity contribution in [2.75, 3.05) is 5.32 Å². The molecular formula is C15H20N6O2. The van der Waals surface area contributed by atoms with Crippen LogP contribution in [0.1, 0.15) is 37.4 Å². The maximum atomic E-state index is 12.2. The topological polar surface area (TPSA) is 105 Å². The van der Waals surface area contributed by atoms with Crippen LogP contribution in [0.4, 0.5) is 10.5 Å². The van der Waals surface area contributed by atoms with Crippen LogP contribution in [0.5, 0.6) is 0 Å². The largest absolute Gasteiger partial charge is 0.390 e. The predicted octanol–water partition coefficient (Wildman–Crippen LogP) is 1.47. The Labute approximate surface area is 133 Å². The summed E-state index contributed by atoms with van der Waals surface area (Å²) in [7, 11) is 0. The number of hydrogen-bond donors (Lipinski definition) is 3. The standard InChI is InChI=1S/C15H20N6O2/c22-10-12-9-21(20-19-12)14-6-2-1-5-13(14)18-15(23)17-11-4-3-7-16-8-11/h3-4,7-9,13-14,22H,1-2,5-6,10H2,(H2,17,18,23)/t13-,14+/m0/s1. The van der Waals surface area contributed by atoms with Crippen molar-refractivity contribution in [2.45, 2.75) is 44.4 Å². The summed E-state index contributed by atoms with van der Waals surface area (Å²) in [5.74, 6) is 0. The molecule has 0 aromatic carbocycles. The first-order valence-corrected chi connectivity index (χ1v) is 7.75. The minimum atomic E-state index is -0.252. The summed E-state index contributed by atoms with van der Waals surface area (Å²) < 4.78 is 1.75. The normalized spacial score (nSPS) is 20.9. The van der Waals surface area contributed by atoms with Crippen LogP contribution in [0, 0.1) is 0 Å². The second-order valence-electron chi connectivity index (χ2n) is 5.65. The zero-order valence-electron chi connectivity index (χ0n) is 12.7. The molecule has 23 heavy (non-hydrogen) atoms. The highest BCUT2D eigenvalue weighted by Crippen LogP contribution is 2.28. The highest BCUT2D eigenvalue weighted by Gasteiger charge is 2.29. The van der Waals surface area contributed by atoms with Crippen molar-refractivity contribution >= 4 is 11.7 Å². The molecule has 1 fully saturated rings. The lowest BCUT2D eigenvalue weighted by molar-refractivity contribution is 0.222. The van der Waals surface area contributed by atoms with Gasteiger partial charge in [0.25, 0.3) is 0 Å². The van der Waals surface area contributed by atoms with E-state index in [4.69, 9.17) is 5.11 Å². The number of pyridine rings is 1. The molecule has 0 unspecified atom stereocenters. The molecule has 2 atom stereocenters. The molecule has 2 amide bonds. The van der Waals surface area contributed by atoms with Gasteiger partial charge in [-0.2, -0.15) is 0 Å². The quantitative estimate of drug-likeness (QED) is 0.792. The SMILES string of the molecule is O=C(Nc1cccnc1)N[C@H]1CCCC[C@H]1n1cc(CO)nn1. The number of amides is 2. The molecule has 122 valence electrons. The fourth-order valence-electron chi connectivity index (χ4n) is 2.92. The molecule has 1 aliphatic rings. The summed E-state index contributed by atoms with van der Waals surface area (Å²) in [5, 5.41) is 22.9. The summed E-state index contributed by atoms with van der Waals surface area (Å²) in [5.41, 5.74) is 1.19. The van der Waals surface area contributed by atoms with E-state index in [1.54, 1.807) is 35.4 Å². The zero-order chi connectivity index (χ0) is 16.1. The molecule has 0 radical (unpaired) electrons. The number of urea groups is 1. The van der Waals surface area contributed by atoms with Crippen LogP contribution in [0.25, 0.3) is 0 Å². The highest BCUT2D eigenvalue weighted by atomic mass is 16.3. The zero-order valence-corrected chi connectivity index (χ0v) is 12.7. The minimum Gasteiger partial charge on any atom is -0.390 e. The first kappa shape index (κ1) is 15.4. The summed E-state index contributed by atoms with van der Waals surface area (Å²) in [4.78, 5) is 16.2.